The van der Waals surface area contributed by atoms with E-state index in [9.17, 15) is 0 Å². The number of rotatable bonds is 7. The van der Waals surface area contributed by atoms with Gasteiger partial charge < -0.3 is 5.32 Å². The molecule has 1 aromatic rings. The second-order valence-electron chi connectivity index (χ2n) is 5.29. The summed E-state index contributed by atoms with van der Waals surface area (Å²) in [6.07, 6.45) is 2.40. The average Bonchev–Trinajstić information content (AvgIpc) is 2.27. The highest BCUT2D eigenvalue weighted by molar-refractivity contribution is 9.10. The second-order valence-corrected chi connectivity index (χ2v) is 6.14. The van der Waals surface area contributed by atoms with Crippen molar-refractivity contribution in [3.63, 3.8) is 0 Å². The highest BCUT2D eigenvalue weighted by Gasteiger charge is 2.04. The fourth-order valence-electron chi connectivity index (χ4n) is 1.82. The molecular weight excluding hydrogens is 274 g/mol. The van der Waals surface area contributed by atoms with Gasteiger partial charge in [-0.25, -0.2) is 0 Å². The summed E-state index contributed by atoms with van der Waals surface area (Å²) in [6.45, 7) is 9.07. The van der Waals surface area contributed by atoms with E-state index in [0.29, 0.717) is 0 Å². The molecule has 0 saturated heterocycles. The number of aryl methyl sites for hydroxylation is 1. The van der Waals surface area contributed by atoms with Gasteiger partial charge in [0.2, 0.25) is 0 Å². The monoisotopic (exact) mass is 297 g/mol. The number of hydrogen-bond donors (Lipinski definition) is 1. The Bertz CT molecular complexity index is 322. The molecule has 1 atom stereocenters. The standard InChI is InChI=1S/C15H24BrN/c1-12(2)10-17-11-13(3)8-9-14-6-4-5-7-15(14)16/h4-7,12-13,17H,8-11H2,1-3H3. The van der Waals surface area contributed by atoms with E-state index in [1.165, 1.54) is 16.5 Å². The van der Waals surface area contributed by atoms with Crippen LogP contribution in [0, 0.1) is 11.8 Å². The Morgan fingerprint density at radius 1 is 1.12 bits per heavy atom. The number of hydrogen-bond acceptors (Lipinski definition) is 1. The quantitative estimate of drug-likeness (QED) is 0.793. The molecule has 1 aromatic carbocycles. The zero-order valence-electron chi connectivity index (χ0n) is 11.2. The van der Waals surface area contributed by atoms with Crippen molar-refractivity contribution in [1.29, 1.82) is 0 Å². The lowest BCUT2D eigenvalue weighted by Crippen LogP contribution is -2.25. The molecule has 0 fully saturated rings. The van der Waals surface area contributed by atoms with E-state index < -0.39 is 0 Å². The van der Waals surface area contributed by atoms with Crippen LogP contribution in [0.4, 0.5) is 0 Å². The molecule has 17 heavy (non-hydrogen) atoms. The molecule has 0 heterocycles. The van der Waals surface area contributed by atoms with Crippen LogP contribution in [-0.2, 0) is 6.42 Å². The van der Waals surface area contributed by atoms with E-state index in [0.717, 1.165) is 31.3 Å². The van der Waals surface area contributed by atoms with Gasteiger partial charge in [-0.2, -0.15) is 0 Å². The molecule has 0 aliphatic heterocycles. The van der Waals surface area contributed by atoms with E-state index in [4.69, 9.17) is 0 Å². The van der Waals surface area contributed by atoms with Gasteiger partial charge in [-0.05, 0) is 49.4 Å². The molecule has 1 unspecified atom stereocenters. The highest BCUT2D eigenvalue weighted by Crippen LogP contribution is 2.19. The van der Waals surface area contributed by atoms with Crippen LogP contribution in [0.2, 0.25) is 0 Å². The lowest BCUT2D eigenvalue weighted by Gasteiger charge is -2.14. The largest absolute Gasteiger partial charge is 0.316 e. The van der Waals surface area contributed by atoms with Crippen LogP contribution in [0.1, 0.15) is 32.8 Å². The van der Waals surface area contributed by atoms with Gasteiger partial charge in [0, 0.05) is 4.47 Å². The molecule has 0 radical (unpaired) electrons. The fourth-order valence-corrected chi connectivity index (χ4v) is 2.31. The van der Waals surface area contributed by atoms with E-state index >= 15 is 0 Å². The molecule has 0 amide bonds. The lowest BCUT2D eigenvalue weighted by molar-refractivity contribution is 0.454. The molecule has 0 bridgehead atoms. The van der Waals surface area contributed by atoms with E-state index in [-0.39, 0.29) is 0 Å². The first kappa shape index (κ1) is 14.7. The molecule has 0 aromatic heterocycles. The van der Waals surface area contributed by atoms with Crippen molar-refractivity contribution in [1.82, 2.24) is 5.32 Å². The predicted octanol–water partition coefficient (Wildman–Crippen LogP) is 4.26. The van der Waals surface area contributed by atoms with Gasteiger partial charge in [-0.15, -0.1) is 0 Å². The molecule has 0 aliphatic rings. The summed E-state index contributed by atoms with van der Waals surface area (Å²) < 4.78 is 1.24. The summed E-state index contributed by atoms with van der Waals surface area (Å²) in [6, 6.07) is 8.51. The number of benzene rings is 1. The smallest absolute Gasteiger partial charge is 0.0207 e. The molecule has 2 heteroatoms. The topological polar surface area (TPSA) is 12.0 Å². The Kier molecular flexibility index (Phi) is 6.83. The molecule has 0 aliphatic carbocycles. The van der Waals surface area contributed by atoms with Crippen LogP contribution in [-0.4, -0.2) is 13.1 Å². The van der Waals surface area contributed by atoms with Gasteiger partial charge in [-0.3, -0.25) is 0 Å². The summed E-state index contributed by atoms with van der Waals surface area (Å²) in [7, 11) is 0. The van der Waals surface area contributed by atoms with E-state index in [1.807, 2.05) is 0 Å². The Balaban J connectivity index is 2.24. The zero-order valence-corrected chi connectivity index (χ0v) is 12.8. The van der Waals surface area contributed by atoms with Crippen LogP contribution in [0.25, 0.3) is 0 Å². The van der Waals surface area contributed by atoms with Crippen LogP contribution in [0.5, 0.6) is 0 Å². The maximum atomic E-state index is 3.60. The maximum absolute atomic E-state index is 3.60. The van der Waals surface area contributed by atoms with Crippen molar-refractivity contribution in [2.45, 2.75) is 33.6 Å². The number of nitrogens with one attached hydrogen (secondary N) is 1. The van der Waals surface area contributed by atoms with Crippen molar-refractivity contribution in [3.8, 4) is 0 Å². The normalized spacial score (nSPS) is 13.0. The van der Waals surface area contributed by atoms with Crippen molar-refractivity contribution in [2.75, 3.05) is 13.1 Å². The molecule has 96 valence electrons. The zero-order chi connectivity index (χ0) is 12.7. The average molecular weight is 298 g/mol. The Morgan fingerprint density at radius 3 is 2.47 bits per heavy atom. The molecule has 1 N–H and O–H groups in total. The Hall–Kier alpha value is -0.340. The first-order valence-corrected chi connectivity index (χ1v) is 7.33. The summed E-state index contributed by atoms with van der Waals surface area (Å²) >= 11 is 3.60. The molecule has 0 spiro atoms. The van der Waals surface area contributed by atoms with Gasteiger partial charge in [0.15, 0.2) is 0 Å². The fraction of sp³-hybridized carbons (Fsp3) is 0.600. The molecule has 1 rings (SSSR count). The van der Waals surface area contributed by atoms with Gasteiger partial charge in [0.1, 0.15) is 0 Å². The van der Waals surface area contributed by atoms with Gasteiger partial charge in [0.25, 0.3) is 0 Å². The Labute approximate surface area is 114 Å². The maximum Gasteiger partial charge on any atom is 0.0207 e. The van der Waals surface area contributed by atoms with Gasteiger partial charge in [-0.1, -0.05) is 54.9 Å². The van der Waals surface area contributed by atoms with Crippen LogP contribution >= 0.6 is 15.9 Å². The van der Waals surface area contributed by atoms with Crippen molar-refractivity contribution < 1.29 is 0 Å². The van der Waals surface area contributed by atoms with E-state index in [2.05, 4.69) is 66.3 Å². The predicted molar refractivity (Wildman–Crippen MR) is 79.3 cm³/mol. The SMILES string of the molecule is CC(C)CNCC(C)CCc1ccccc1Br. The summed E-state index contributed by atoms with van der Waals surface area (Å²) in [5.41, 5.74) is 1.42. The first-order chi connectivity index (χ1) is 8.09. The van der Waals surface area contributed by atoms with Gasteiger partial charge in [0.05, 0.1) is 0 Å². The lowest BCUT2D eigenvalue weighted by atomic mass is 10.0. The summed E-state index contributed by atoms with van der Waals surface area (Å²) in [5.74, 6) is 1.48. The van der Waals surface area contributed by atoms with Gasteiger partial charge >= 0.3 is 0 Å². The minimum atomic E-state index is 0.737. The van der Waals surface area contributed by atoms with Crippen molar-refractivity contribution >= 4 is 15.9 Å². The Morgan fingerprint density at radius 2 is 1.82 bits per heavy atom. The summed E-state index contributed by atoms with van der Waals surface area (Å²) in [4.78, 5) is 0. The minimum Gasteiger partial charge on any atom is -0.316 e. The van der Waals surface area contributed by atoms with Crippen LogP contribution < -0.4 is 5.32 Å². The number of halogens is 1. The summed E-state index contributed by atoms with van der Waals surface area (Å²) in [5, 5.41) is 3.52. The molecule has 0 saturated carbocycles. The van der Waals surface area contributed by atoms with Crippen molar-refractivity contribution in [3.05, 3.63) is 34.3 Å². The van der Waals surface area contributed by atoms with E-state index in [1.54, 1.807) is 0 Å². The van der Waals surface area contributed by atoms with Crippen LogP contribution in [0.3, 0.4) is 0 Å². The molecule has 1 nitrogen and oxygen atoms in total. The third kappa shape index (κ3) is 6.23. The first-order valence-electron chi connectivity index (χ1n) is 6.53. The minimum absolute atomic E-state index is 0.737. The second kappa shape index (κ2) is 7.88. The van der Waals surface area contributed by atoms with Crippen molar-refractivity contribution in [2.24, 2.45) is 11.8 Å². The van der Waals surface area contributed by atoms with Crippen LogP contribution in [0.15, 0.2) is 28.7 Å². The highest BCUT2D eigenvalue weighted by atomic mass is 79.9. The molecular formula is C15H24BrN. The third-order valence-corrected chi connectivity index (χ3v) is 3.68. The third-order valence-electron chi connectivity index (χ3n) is 2.91.